The Hall–Kier alpha value is -0.530. The van der Waals surface area contributed by atoms with Crippen molar-refractivity contribution in [2.24, 2.45) is 5.92 Å². The summed E-state index contributed by atoms with van der Waals surface area (Å²) in [7, 11) is 0. The van der Waals surface area contributed by atoms with Crippen LogP contribution < -0.4 is 0 Å². The Morgan fingerprint density at radius 1 is 1.29 bits per heavy atom. The zero-order chi connectivity index (χ0) is 11.0. The molecule has 1 atom stereocenters. The zero-order valence-corrected chi connectivity index (χ0v) is 10.0. The van der Waals surface area contributed by atoms with Gasteiger partial charge in [-0.3, -0.25) is 4.79 Å². The van der Waals surface area contributed by atoms with E-state index in [1.165, 1.54) is 19.3 Å². The molecule has 0 spiro atoms. The molecule has 0 aliphatic rings. The molecule has 0 aliphatic carbocycles. The smallest absolute Gasteiger partial charge is 0.293 e. The van der Waals surface area contributed by atoms with Crippen LogP contribution in [0.3, 0.4) is 0 Å². The summed E-state index contributed by atoms with van der Waals surface area (Å²) in [6.07, 6.45) is 5.98. The molecule has 0 aromatic heterocycles. The number of carbonyl (C=O) groups excluding carboxylic acids is 1. The second-order valence-corrected chi connectivity index (χ2v) is 4.42. The Balaban J connectivity index is 4.02. The second-order valence-electron chi connectivity index (χ2n) is 4.42. The van der Waals surface area contributed by atoms with Gasteiger partial charge in [-0.05, 0) is 32.6 Å². The Bertz CT molecular complexity index is 152. The lowest BCUT2D eigenvalue weighted by atomic mass is 9.84. The summed E-state index contributed by atoms with van der Waals surface area (Å²) in [5.74, 6) is 0.485. The maximum Gasteiger partial charge on any atom is 0.293 e. The molecule has 2 nitrogen and oxygen atoms in total. The number of carbonyl (C=O) groups is 1. The van der Waals surface area contributed by atoms with Crippen molar-refractivity contribution in [2.75, 3.05) is 0 Å². The standard InChI is InChI=1S/C12H24O2/c1-5-7-8-9-11(6-2)12(3,4)14-10-13/h10-11H,5-9H2,1-4H3. The van der Waals surface area contributed by atoms with Crippen LogP contribution in [0.4, 0.5) is 0 Å². The van der Waals surface area contributed by atoms with Crippen LogP contribution in [0.2, 0.25) is 0 Å². The zero-order valence-electron chi connectivity index (χ0n) is 10.0. The lowest BCUT2D eigenvalue weighted by molar-refractivity contribution is -0.145. The molecule has 0 N–H and O–H groups in total. The lowest BCUT2D eigenvalue weighted by Gasteiger charge is -2.32. The van der Waals surface area contributed by atoms with E-state index in [-0.39, 0.29) is 5.60 Å². The number of ether oxygens (including phenoxy) is 1. The van der Waals surface area contributed by atoms with Crippen LogP contribution in [0.25, 0.3) is 0 Å². The van der Waals surface area contributed by atoms with E-state index in [0.29, 0.717) is 12.4 Å². The molecule has 0 amide bonds. The molecular formula is C12H24O2. The van der Waals surface area contributed by atoms with Crippen molar-refractivity contribution >= 4 is 6.47 Å². The van der Waals surface area contributed by atoms with Gasteiger partial charge in [0, 0.05) is 0 Å². The Morgan fingerprint density at radius 2 is 1.93 bits per heavy atom. The molecule has 0 aromatic rings. The van der Waals surface area contributed by atoms with Gasteiger partial charge < -0.3 is 4.74 Å². The number of hydrogen-bond acceptors (Lipinski definition) is 2. The van der Waals surface area contributed by atoms with Gasteiger partial charge in [0.15, 0.2) is 0 Å². The highest BCUT2D eigenvalue weighted by molar-refractivity contribution is 5.38. The predicted octanol–water partition coefficient (Wildman–Crippen LogP) is 3.54. The van der Waals surface area contributed by atoms with Crippen molar-refractivity contribution in [3.05, 3.63) is 0 Å². The summed E-state index contributed by atoms with van der Waals surface area (Å²) in [4.78, 5) is 10.3. The molecule has 0 saturated carbocycles. The molecule has 1 unspecified atom stereocenters. The highest BCUT2D eigenvalue weighted by atomic mass is 16.5. The Labute approximate surface area is 88.0 Å². The maximum absolute atomic E-state index is 10.3. The van der Waals surface area contributed by atoms with Crippen molar-refractivity contribution in [1.29, 1.82) is 0 Å². The van der Waals surface area contributed by atoms with E-state index in [2.05, 4.69) is 13.8 Å². The Kier molecular flexibility index (Phi) is 6.60. The van der Waals surface area contributed by atoms with Crippen LogP contribution in [0, 0.1) is 5.92 Å². The SMILES string of the molecule is CCCCCC(CC)C(C)(C)OC=O. The van der Waals surface area contributed by atoms with Gasteiger partial charge in [0.25, 0.3) is 6.47 Å². The largest absolute Gasteiger partial charge is 0.462 e. The van der Waals surface area contributed by atoms with E-state index >= 15 is 0 Å². The monoisotopic (exact) mass is 200 g/mol. The van der Waals surface area contributed by atoms with E-state index in [0.717, 1.165) is 12.8 Å². The van der Waals surface area contributed by atoms with E-state index < -0.39 is 0 Å². The first-order chi connectivity index (χ1) is 6.58. The first-order valence-corrected chi connectivity index (χ1v) is 5.69. The molecule has 0 bridgehead atoms. The second kappa shape index (κ2) is 6.86. The Morgan fingerprint density at radius 3 is 2.36 bits per heavy atom. The fourth-order valence-electron chi connectivity index (χ4n) is 1.90. The van der Waals surface area contributed by atoms with E-state index in [9.17, 15) is 4.79 Å². The minimum atomic E-state index is -0.301. The summed E-state index contributed by atoms with van der Waals surface area (Å²) in [5.41, 5.74) is -0.301. The van der Waals surface area contributed by atoms with Gasteiger partial charge in [-0.2, -0.15) is 0 Å². The third-order valence-electron chi connectivity index (χ3n) is 2.98. The van der Waals surface area contributed by atoms with Crippen LogP contribution >= 0.6 is 0 Å². The van der Waals surface area contributed by atoms with E-state index in [1.807, 2.05) is 13.8 Å². The summed E-state index contributed by atoms with van der Waals surface area (Å²) in [5, 5.41) is 0. The third kappa shape index (κ3) is 4.64. The molecular weight excluding hydrogens is 176 g/mol. The molecule has 0 saturated heterocycles. The molecule has 14 heavy (non-hydrogen) atoms. The van der Waals surface area contributed by atoms with Crippen molar-refractivity contribution < 1.29 is 9.53 Å². The fourth-order valence-corrected chi connectivity index (χ4v) is 1.90. The molecule has 0 radical (unpaired) electrons. The highest BCUT2D eigenvalue weighted by Gasteiger charge is 2.28. The lowest BCUT2D eigenvalue weighted by Crippen LogP contribution is -2.33. The van der Waals surface area contributed by atoms with Gasteiger partial charge in [0.05, 0.1) is 0 Å². The first kappa shape index (κ1) is 13.5. The average molecular weight is 200 g/mol. The van der Waals surface area contributed by atoms with Crippen LogP contribution in [-0.2, 0) is 9.53 Å². The topological polar surface area (TPSA) is 26.3 Å². The van der Waals surface area contributed by atoms with Crippen LogP contribution in [-0.4, -0.2) is 12.1 Å². The average Bonchev–Trinajstić information content (AvgIpc) is 2.12. The molecule has 0 heterocycles. The predicted molar refractivity (Wildman–Crippen MR) is 59.2 cm³/mol. The fraction of sp³-hybridized carbons (Fsp3) is 0.917. The van der Waals surface area contributed by atoms with E-state index in [1.54, 1.807) is 0 Å². The summed E-state index contributed by atoms with van der Waals surface area (Å²) < 4.78 is 5.13. The minimum absolute atomic E-state index is 0.301. The number of unbranched alkanes of at least 4 members (excludes halogenated alkanes) is 2. The van der Waals surface area contributed by atoms with Crippen LogP contribution in [0.15, 0.2) is 0 Å². The van der Waals surface area contributed by atoms with Crippen LogP contribution in [0.5, 0.6) is 0 Å². The number of rotatable bonds is 8. The summed E-state index contributed by atoms with van der Waals surface area (Å²) in [6, 6.07) is 0. The molecule has 2 heteroatoms. The van der Waals surface area contributed by atoms with Crippen molar-refractivity contribution in [1.82, 2.24) is 0 Å². The molecule has 0 rings (SSSR count). The van der Waals surface area contributed by atoms with Crippen LogP contribution in [0.1, 0.15) is 59.8 Å². The summed E-state index contributed by atoms with van der Waals surface area (Å²) >= 11 is 0. The van der Waals surface area contributed by atoms with Gasteiger partial charge in [-0.15, -0.1) is 0 Å². The molecule has 0 aliphatic heterocycles. The van der Waals surface area contributed by atoms with Crippen molar-refractivity contribution in [3.8, 4) is 0 Å². The quantitative estimate of drug-likeness (QED) is 0.442. The first-order valence-electron chi connectivity index (χ1n) is 5.69. The minimum Gasteiger partial charge on any atom is -0.462 e. The third-order valence-corrected chi connectivity index (χ3v) is 2.98. The molecule has 0 aromatic carbocycles. The van der Waals surface area contributed by atoms with Crippen molar-refractivity contribution in [2.45, 2.75) is 65.4 Å². The van der Waals surface area contributed by atoms with E-state index in [4.69, 9.17) is 4.74 Å². The van der Waals surface area contributed by atoms with Gasteiger partial charge >= 0.3 is 0 Å². The number of hydrogen-bond donors (Lipinski definition) is 0. The van der Waals surface area contributed by atoms with Crippen molar-refractivity contribution in [3.63, 3.8) is 0 Å². The maximum atomic E-state index is 10.3. The van der Waals surface area contributed by atoms with Gasteiger partial charge in [-0.1, -0.05) is 33.1 Å². The normalized spacial score (nSPS) is 13.7. The highest BCUT2D eigenvalue weighted by Crippen LogP contribution is 2.28. The van der Waals surface area contributed by atoms with Gasteiger partial charge in [0.1, 0.15) is 5.60 Å². The van der Waals surface area contributed by atoms with Gasteiger partial charge in [0.2, 0.25) is 0 Å². The summed E-state index contributed by atoms with van der Waals surface area (Å²) in [6.45, 7) is 8.94. The molecule has 0 fully saturated rings. The molecule has 84 valence electrons. The van der Waals surface area contributed by atoms with Gasteiger partial charge in [-0.25, -0.2) is 0 Å².